The number of aliphatic hydroxyl groups is 1. The van der Waals surface area contributed by atoms with Crippen LogP contribution in [0, 0.1) is 0 Å². The van der Waals surface area contributed by atoms with Crippen molar-refractivity contribution in [1.82, 2.24) is 4.98 Å². The lowest BCUT2D eigenvalue weighted by Gasteiger charge is -2.14. The van der Waals surface area contributed by atoms with Crippen LogP contribution in [0.15, 0.2) is 42.7 Å². The van der Waals surface area contributed by atoms with Gasteiger partial charge in [0, 0.05) is 18.8 Å². The third-order valence-electron chi connectivity index (χ3n) is 3.02. The topological polar surface area (TPSA) is 53.4 Å². The van der Waals surface area contributed by atoms with Crippen molar-refractivity contribution in [3.8, 4) is 5.75 Å². The number of phenolic OH excluding ortho intramolecular Hbond substituents is 1. The molecule has 18 heavy (non-hydrogen) atoms. The molecule has 0 amide bonds. The Balaban J connectivity index is 2.19. The first-order valence-electron chi connectivity index (χ1n) is 6.09. The van der Waals surface area contributed by atoms with E-state index in [-0.39, 0.29) is 5.75 Å². The third-order valence-corrected chi connectivity index (χ3v) is 3.02. The number of aromatic hydroxyl groups is 1. The molecule has 3 heteroatoms. The molecule has 1 heterocycles. The number of hydrogen-bond donors (Lipinski definition) is 2. The summed E-state index contributed by atoms with van der Waals surface area (Å²) in [6.07, 6.45) is 4.26. The van der Waals surface area contributed by atoms with Gasteiger partial charge in [-0.25, -0.2) is 0 Å². The second-order valence-corrected chi connectivity index (χ2v) is 4.32. The molecule has 2 rings (SSSR count). The van der Waals surface area contributed by atoms with E-state index < -0.39 is 6.10 Å². The molecule has 94 valence electrons. The van der Waals surface area contributed by atoms with Crippen molar-refractivity contribution < 1.29 is 10.2 Å². The van der Waals surface area contributed by atoms with Crippen LogP contribution in [0.3, 0.4) is 0 Å². The fraction of sp³-hybridized carbons (Fsp3) is 0.267. The SMILES string of the molecule is CCc1cnccc1C(O)Cc1cccc(O)c1. The highest BCUT2D eigenvalue weighted by Gasteiger charge is 2.12. The standard InChI is InChI=1S/C15H17NO2/c1-2-12-10-16-7-6-14(12)15(18)9-11-4-3-5-13(17)8-11/h3-8,10,15,17-18H,2,9H2,1H3. The number of benzene rings is 1. The second-order valence-electron chi connectivity index (χ2n) is 4.32. The Morgan fingerprint density at radius 2 is 2.11 bits per heavy atom. The normalized spacial score (nSPS) is 12.3. The molecule has 3 nitrogen and oxygen atoms in total. The van der Waals surface area contributed by atoms with Gasteiger partial charge in [0.1, 0.15) is 5.75 Å². The van der Waals surface area contributed by atoms with Crippen LogP contribution in [0.1, 0.15) is 29.7 Å². The van der Waals surface area contributed by atoms with Crippen molar-refractivity contribution in [2.45, 2.75) is 25.9 Å². The predicted molar refractivity (Wildman–Crippen MR) is 70.4 cm³/mol. The van der Waals surface area contributed by atoms with E-state index >= 15 is 0 Å². The van der Waals surface area contributed by atoms with E-state index in [0.29, 0.717) is 6.42 Å². The summed E-state index contributed by atoms with van der Waals surface area (Å²) in [7, 11) is 0. The zero-order chi connectivity index (χ0) is 13.0. The van der Waals surface area contributed by atoms with Gasteiger partial charge >= 0.3 is 0 Å². The Hall–Kier alpha value is -1.87. The van der Waals surface area contributed by atoms with Crippen LogP contribution >= 0.6 is 0 Å². The van der Waals surface area contributed by atoms with Crippen molar-refractivity contribution in [1.29, 1.82) is 0 Å². The van der Waals surface area contributed by atoms with E-state index in [1.807, 2.05) is 19.1 Å². The van der Waals surface area contributed by atoms with Crippen molar-refractivity contribution in [2.24, 2.45) is 0 Å². The summed E-state index contributed by atoms with van der Waals surface area (Å²) >= 11 is 0. The van der Waals surface area contributed by atoms with Crippen LogP contribution in [0.2, 0.25) is 0 Å². The molecule has 0 aliphatic heterocycles. The molecule has 1 atom stereocenters. The van der Waals surface area contributed by atoms with Crippen LogP contribution in [-0.4, -0.2) is 15.2 Å². The lowest BCUT2D eigenvalue weighted by molar-refractivity contribution is 0.177. The van der Waals surface area contributed by atoms with Gasteiger partial charge in [0.15, 0.2) is 0 Å². The molecule has 0 aliphatic carbocycles. The van der Waals surface area contributed by atoms with Crippen molar-refractivity contribution in [2.75, 3.05) is 0 Å². The first-order valence-corrected chi connectivity index (χ1v) is 6.09. The van der Waals surface area contributed by atoms with E-state index in [1.165, 1.54) is 0 Å². The van der Waals surface area contributed by atoms with Gasteiger partial charge in [0.05, 0.1) is 6.10 Å². The maximum Gasteiger partial charge on any atom is 0.115 e. The Bertz CT molecular complexity index is 525. The number of aliphatic hydroxyl groups excluding tert-OH is 1. The van der Waals surface area contributed by atoms with E-state index in [2.05, 4.69) is 4.98 Å². The van der Waals surface area contributed by atoms with Gasteiger partial charge in [0.2, 0.25) is 0 Å². The zero-order valence-electron chi connectivity index (χ0n) is 10.4. The lowest BCUT2D eigenvalue weighted by atomic mass is 9.97. The predicted octanol–water partition coefficient (Wildman–Crippen LogP) is 2.63. The van der Waals surface area contributed by atoms with Crippen LogP contribution in [0.5, 0.6) is 5.75 Å². The summed E-state index contributed by atoms with van der Waals surface area (Å²) in [6.45, 7) is 2.04. The Morgan fingerprint density at radius 3 is 2.83 bits per heavy atom. The van der Waals surface area contributed by atoms with Crippen LogP contribution < -0.4 is 0 Å². The molecule has 1 aromatic carbocycles. The molecule has 0 saturated carbocycles. The number of rotatable bonds is 4. The quantitative estimate of drug-likeness (QED) is 0.868. The van der Waals surface area contributed by atoms with Crippen molar-refractivity contribution in [3.63, 3.8) is 0 Å². The van der Waals surface area contributed by atoms with Crippen LogP contribution in [0.4, 0.5) is 0 Å². The average Bonchev–Trinajstić information content (AvgIpc) is 2.38. The van der Waals surface area contributed by atoms with E-state index in [9.17, 15) is 10.2 Å². The van der Waals surface area contributed by atoms with E-state index in [1.54, 1.807) is 30.6 Å². The van der Waals surface area contributed by atoms with Gasteiger partial charge < -0.3 is 10.2 Å². The molecule has 0 aliphatic rings. The van der Waals surface area contributed by atoms with E-state index in [0.717, 1.165) is 23.1 Å². The number of phenols is 1. The number of aromatic nitrogens is 1. The summed E-state index contributed by atoms with van der Waals surface area (Å²) < 4.78 is 0. The first-order chi connectivity index (χ1) is 8.70. The van der Waals surface area contributed by atoms with Crippen LogP contribution in [-0.2, 0) is 12.8 Å². The van der Waals surface area contributed by atoms with Crippen LogP contribution in [0.25, 0.3) is 0 Å². The second kappa shape index (κ2) is 5.65. The first kappa shape index (κ1) is 12.6. The van der Waals surface area contributed by atoms with E-state index in [4.69, 9.17) is 0 Å². The smallest absolute Gasteiger partial charge is 0.115 e. The molecule has 1 aromatic heterocycles. The summed E-state index contributed by atoms with van der Waals surface area (Å²) in [4.78, 5) is 4.07. The third kappa shape index (κ3) is 2.87. The molecule has 2 N–H and O–H groups in total. The van der Waals surface area contributed by atoms with Gasteiger partial charge in [0.25, 0.3) is 0 Å². The highest BCUT2D eigenvalue weighted by Crippen LogP contribution is 2.23. The van der Waals surface area contributed by atoms with Gasteiger partial charge in [-0.3, -0.25) is 4.98 Å². The average molecular weight is 243 g/mol. The fourth-order valence-electron chi connectivity index (χ4n) is 2.08. The summed E-state index contributed by atoms with van der Waals surface area (Å²) in [5, 5.41) is 19.7. The molecule has 0 radical (unpaired) electrons. The molecular weight excluding hydrogens is 226 g/mol. The molecule has 1 unspecified atom stereocenters. The maximum absolute atomic E-state index is 10.3. The van der Waals surface area contributed by atoms with Gasteiger partial charge in [-0.15, -0.1) is 0 Å². The minimum atomic E-state index is -0.565. The summed E-state index contributed by atoms with van der Waals surface area (Å²) in [5.74, 6) is 0.227. The lowest BCUT2D eigenvalue weighted by Crippen LogP contribution is -2.05. The summed E-state index contributed by atoms with van der Waals surface area (Å²) in [6, 6.07) is 8.84. The highest BCUT2D eigenvalue weighted by atomic mass is 16.3. The molecule has 0 bridgehead atoms. The minimum Gasteiger partial charge on any atom is -0.508 e. The monoisotopic (exact) mass is 243 g/mol. The number of hydrogen-bond acceptors (Lipinski definition) is 3. The fourth-order valence-corrected chi connectivity index (χ4v) is 2.08. The summed E-state index contributed by atoms with van der Waals surface area (Å²) in [5.41, 5.74) is 2.89. The maximum atomic E-state index is 10.3. The van der Waals surface area contributed by atoms with Gasteiger partial charge in [-0.2, -0.15) is 0 Å². The van der Waals surface area contributed by atoms with Gasteiger partial charge in [-0.1, -0.05) is 19.1 Å². The minimum absolute atomic E-state index is 0.227. The number of aryl methyl sites for hydroxylation is 1. The molecular formula is C15H17NO2. The van der Waals surface area contributed by atoms with Gasteiger partial charge in [-0.05, 0) is 41.3 Å². The Labute approximate surface area is 107 Å². The Kier molecular flexibility index (Phi) is 3.95. The zero-order valence-corrected chi connectivity index (χ0v) is 10.4. The molecule has 0 spiro atoms. The van der Waals surface area contributed by atoms with Crippen molar-refractivity contribution in [3.05, 3.63) is 59.4 Å². The number of nitrogens with zero attached hydrogens (tertiary/aromatic N) is 1. The van der Waals surface area contributed by atoms with Crippen molar-refractivity contribution >= 4 is 0 Å². The highest BCUT2D eigenvalue weighted by molar-refractivity contribution is 5.31. The molecule has 0 fully saturated rings. The Morgan fingerprint density at radius 1 is 1.28 bits per heavy atom. The molecule has 0 saturated heterocycles. The largest absolute Gasteiger partial charge is 0.508 e. The number of pyridine rings is 1. The molecule has 2 aromatic rings.